The Morgan fingerprint density at radius 3 is 2.35 bits per heavy atom. The van der Waals surface area contributed by atoms with Gasteiger partial charge in [-0.2, -0.15) is 0 Å². The van der Waals surface area contributed by atoms with Crippen molar-refractivity contribution in [2.24, 2.45) is 0 Å². The highest BCUT2D eigenvalue weighted by Crippen LogP contribution is 2.14. The zero-order valence-electron chi connectivity index (χ0n) is 11.0. The molecule has 0 amide bonds. The van der Waals surface area contributed by atoms with Crippen LogP contribution < -0.4 is 10.1 Å². The van der Waals surface area contributed by atoms with Crippen molar-refractivity contribution in [3.63, 3.8) is 0 Å². The summed E-state index contributed by atoms with van der Waals surface area (Å²) < 4.78 is 5.05. The second-order valence-electron chi connectivity index (χ2n) is 4.08. The molecule has 0 aliphatic rings. The molecule has 0 unspecified atom stereocenters. The van der Waals surface area contributed by atoms with Crippen molar-refractivity contribution in [2.75, 3.05) is 12.4 Å². The number of halogens is 1. The average molecular weight is 288 g/mol. The van der Waals surface area contributed by atoms with Crippen molar-refractivity contribution in [3.8, 4) is 5.75 Å². The first-order valence-electron chi connectivity index (χ1n) is 6.06. The van der Waals surface area contributed by atoms with E-state index in [1.807, 2.05) is 12.1 Å². The summed E-state index contributed by atoms with van der Waals surface area (Å²) in [6.45, 7) is 0. The molecule has 0 bridgehead atoms. The maximum absolute atomic E-state index is 11.9. The van der Waals surface area contributed by atoms with Crippen LogP contribution >= 0.6 is 11.6 Å². The number of carbonyl (C=O) groups excluding carboxylic acids is 1. The minimum atomic E-state index is -0.0749. The molecule has 0 spiro atoms. The molecule has 0 aromatic heterocycles. The van der Waals surface area contributed by atoms with Gasteiger partial charge in [-0.05, 0) is 48.5 Å². The Kier molecular flexibility index (Phi) is 4.80. The maximum Gasteiger partial charge on any atom is 0.187 e. The molecule has 2 rings (SSSR count). The van der Waals surface area contributed by atoms with Crippen molar-refractivity contribution >= 4 is 23.1 Å². The van der Waals surface area contributed by atoms with Crippen LogP contribution in [0.15, 0.2) is 60.8 Å². The number of hydrogen-bond acceptors (Lipinski definition) is 3. The number of ether oxygens (including phenoxy) is 1. The lowest BCUT2D eigenvalue weighted by Gasteiger charge is -2.01. The van der Waals surface area contributed by atoms with Crippen LogP contribution in [-0.2, 0) is 0 Å². The molecule has 0 saturated carbocycles. The number of methoxy groups -OCH3 is 1. The Bertz CT molecular complexity index is 603. The molecule has 102 valence electrons. The molecule has 0 saturated heterocycles. The van der Waals surface area contributed by atoms with E-state index in [2.05, 4.69) is 5.32 Å². The Morgan fingerprint density at radius 2 is 1.75 bits per heavy atom. The van der Waals surface area contributed by atoms with E-state index in [-0.39, 0.29) is 5.78 Å². The summed E-state index contributed by atoms with van der Waals surface area (Å²) in [4.78, 5) is 11.9. The molecule has 3 nitrogen and oxygen atoms in total. The predicted molar refractivity (Wildman–Crippen MR) is 81.5 cm³/mol. The van der Waals surface area contributed by atoms with Gasteiger partial charge >= 0.3 is 0 Å². The minimum Gasteiger partial charge on any atom is -0.497 e. The lowest BCUT2D eigenvalue weighted by atomic mass is 10.1. The Balaban J connectivity index is 1.96. The molecular weight excluding hydrogens is 274 g/mol. The quantitative estimate of drug-likeness (QED) is 0.663. The predicted octanol–water partition coefficient (Wildman–Crippen LogP) is 4.16. The summed E-state index contributed by atoms with van der Waals surface area (Å²) in [7, 11) is 1.59. The van der Waals surface area contributed by atoms with Crippen molar-refractivity contribution in [1.29, 1.82) is 0 Å². The molecule has 0 atom stereocenters. The summed E-state index contributed by atoms with van der Waals surface area (Å²) in [6.07, 6.45) is 3.09. The van der Waals surface area contributed by atoms with E-state index in [1.165, 1.54) is 6.08 Å². The van der Waals surface area contributed by atoms with Gasteiger partial charge in [0.05, 0.1) is 7.11 Å². The van der Waals surface area contributed by atoms with Crippen LogP contribution in [0.4, 0.5) is 5.69 Å². The van der Waals surface area contributed by atoms with Gasteiger partial charge in [0, 0.05) is 28.5 Å². The highest BCUT2D eigenvalue weighted by molar-refractivity contribution is 6.30. The van der Waals surface area contributed by atoms with Gasteiger partial charge < -0.3 is 10.1 Å². The standard InChI is InChI=1S/C16H14ClNO2/c1-20-15-8-2-12(3-9-15)16(19)10-11-18-14-6-4-13(17)5-7-14/h2-11,18H,1H3/b11-10-. The van der Waals surface area contributed by atoms with E-state index in [1.54, 1.807) is 49.7 Å². The van der Waals surface area contributed by atoms with E-state index < -0.39 is 0 Å². The van der Waals surface area contributed by atoms with Gasteiger partial charge in [-0.25, -0.2) is 0 Å². The van der Waals surface area contributed by atoms with E-state index >= 15 is 0 Å². The first kappa shape index (κ1) is 14.2. The summed E-state index contributed by atoms with van der Waals surface area (Å²) >= 11 is 5.79. The third kappa shape index (κ3) is 3.87. The van der Waals surface area contributed by atoms with E-state index in [9.17, 15) is 4.79 Å². The normalized spacial score (nSPS) is 10.5. The monoisotopic (exact) mass is 287 g/mol. The van der Waals surface area contributed by atoms with Crippen molar-refractivity contribution in [2.45, 2.75) is 0 Å². The molecule has 0 fully saturated rings. The molecule has 0 radical (unpaired) electrons. The zero-order valence-corrected chi connectivity index (χ0v) is 11.7. The van der Waals surface area contributed by atoms with Gasteiger partial charge in [0.15, 0.2) is 5.78 Å². The smallest absolute Gasteiger partial charge is 0.187 e. The van der Waals surface area contributed by atoms with E-state index in [4.69, 9.17) is 16.3 Å². The van der Waals surface area contributed by atoms with Crippen LogP contribution in [-0.4, -0.2) is 12.9 Å². The van der Waals surface area contributed by atoms with Gasteiger partial charge in [-0.3, -0.25) is 4.79 Å². The zero-order chi connectivity index (χ0) is 14.4. The molecule has 1 N–H and O–H groups in total. The van der Waals surface area contributed by atoms with Gasteiger partial charge in [-0.1, -0.05) is 11.6 Å². The van der Waals surface area contributed by atoms with Crippen LogP contribution in [0.3, 0.4) is 0 Å². The summed E-state index contributed by atoms with van der Waals surface area (Å²) in [5.74, 6) is 0.652. The van der Waals surface area contributed by atoms with Crippen LogP contribution in [0.25, 0.3) is 0 Å². The SMILES string of the molecule is COc1ccc(C(=O)/C=C\Nc2ccc(Cl)cc2)cc1. The number of rotatable bonds is 5. The number of benzene rings is 2. The number of carbonyl (C=O) groups is 1. The summed E-state index contributed by atoms with van der Waals surface area (Å²) in [5, 5.41) is 3.69. The minimum absolute atomic E-state index is 0.0749. The lowest BCUT2D eigenvalue weighted by Crippen LogP contribution is -1.96. The number of hydrogen-bond donors (Lipinski definition) is 1. The Labute approximate surface area is 122 Å². The second-order valence-corrected chi connectivity index (χ2v) is 4.51. The molecular formula is C16H14ClNO2. The van der Waals surface area contributed by atoms with E-state index in [0.717, 1.165) is 11.4 Å². The van der Waals surface area contributed by atoms with Crippen LogP contribution in [0.5, 0.6) is 5.75 Å². The first-order chi connectivity index (χ1) is 9.69. The number of ketones is 1. The lowest BCUT2D eigenvalue weighted by molar-refractivity contribution is 0.104. The number of anilines is 1. The molecule has 0 aliphatic carbocycles. The molecule has 4 heteroatoms. The molecule has 2 aromatic carbocycles. The highest BCUT2D eigenvalue weighted by atomic mass is 35.5. The largest absolute Gasteiger partial charge is 0.497 e. The first-order valence-corrected chi connectivity index (χ1v) is 6.44. The van der Waals surface area contributed by atoms with Crippen molar-refractivity contribution < 1.29 is 9.53 Å². The molecule has 20 heavy (non-hydrogen) atoms. The van der Waals surface area contributed by atoms with Gasteiger partial charge in [0.25, 0.3) is 0 Å². The Hall–Kier alpha value is -2.26. The van der Waals surface area contributed by atoms with Crippen LogP contribution in [0, 0.1) is 0 Å². The third-order valence-corrected chi connectivity index (χ3v) is 2.96. The molecule has 0 aliphatic heterocycles. The van der Waals surface area contributed by atoms with E-state index in [0.29, 0.717) is 10.6 Å². The molecule has 0 heterocycles. The summed E-state index contributed by atoms with van der Waals surface area (Å²) in [5.41, 5.74) is 1.48. The van der Waals surface area contributed by atoms with Gasteiger partial charge in [-0.15, -0.1) is 0 Å². The fraction of sp³-hybridized carbons (Fsp3) is 0.0625. The fourth-order valence-electron chi connectivity index (χ4n) is 1.61. The Morgan fingerprint density at radius 1 is 1.10 bits per heavy atom. The van der Waals surface area contributed by atoms with Gasteiger partial charge in [0.1, 0.15) is 5.75 Å². The highest BCUT2D eigenvalue weighted by Gasteiger charge is 2.01. The van der Waals surface area contributed by atoms with Gasteiger partial charge in [0.2, 0.25) is 0 Å². The number of nitrogens with one attached hydrogen (secondary N) is 1. The maximum atomic E-state index is 11.9. The van der Waals surface area contributed by atoms with Crippen LogP contribution in [0.1, 0.15) is 10.4 Å². The fourth-order valence-corrected chi connectivity index (χ4v) is 1.74. The molecule has 2 aromatic rings. The third-order valence-electron chi connectivity index (χ3n) is 2.70. The average Bonchev–Trinajstić information content (AvgIpc) is 2.49. The number of allylic oxidation sites excluding steroid dienone is 1. The summed E-state index contributed by atoms with van der Waals surface area (Å²) in [6, 6.07) is 14.2. The van der Waals surface area contributed by atoms with Crippen molar-refractivity contribution in [3.05, 3.63) is 71.4 Å². The second kappa shape index (κ2) is 6.78. The van der Waals surface area contributed by atoms with Crippen molar-refractivity contribution in [1.82, 2.24) is 0 Å². The topological polar surface area (TPSA) is 38.3 Å². The van der Waals surface area contributed by atoms with Crippen LogP contribution in [0.2, 0.25) is 5.02 Å².